The van der Waals surface area contributed by atoms with Crippen LogP contribution in [0.5, 0.6) is 0 Å². The van der Waals surface area contributed by atoms with Crippen LogP contribution >= 0.6 is 0 Å². The van der Waals surface area contributed by atoms with Crippen LogP contribution in [0.25, 0.3) is 0 Å². The minimum Gasteiger partial charge on any atom is -0.389 e. The number of rotatable bonds is 34. The van der Waals surface area contributed by atoms with Crippen molar-refractivity contribution in [1.29, 1.82) is 0 Å². The molecular formula is C40H79NO3. The Morgan fingerprint density at radius 2 is 0.614 bits per heavy atom. The normalized spacial score (nSPS) is 11.8. The zero-order valence-electron chi connectivity index (χ0n) is 30.5. The van der Waals surface area contributed by atoms with Crippen LogP contribution in [0, 0.1) is 0 Å². The van der Waals surface area contributed by atoms with Gasteiger partial charge in [0.25, 0.3) is 0 Å². The molecule has 0 aliphatic rings. The molecule has 0 heterocycles. The van der Waals surface area contributed by atoms with E-state index in [1.807, 2.05) is 0 Å². The fourth-order valence-corrected chi connectivity index (χ4v) is 6.27. The van der Waals surface area contributed by atoms with E-state index in [0.717, 1.165) is 25.7 Å². The highest BCUT2D eigenvalue weighted by Crippen LogP contribution is 2.17. The van der Waals surface area contributed by atoms with Gasteiger partial charge in [-0.2, -0.15) is 0 Å². The molecule has 0 atom stereocenters. The number of imide groups is 1. The van der Waals surface area contributed by atoms with Crippen molar-refractivity contribution in [3.8, 4) is 0 Å². The highest BCUT2D eigenvalue weighted by molar-refractivity contribution is 5.95. The molecule has 0 aromatic rings. The summed E-state index contributed by atoms with van der Waals surface area (Å²) in [5.74, 6) is -0.208. The quantitative estimate of drug-likeness (QED) is 0.0727. The molecular weight excluding hydrogens is 542 g/mol. The molecule has 0 fully saturated rings. The molecule has 0 aliphatic carbocycles. The van der Waals surface area contributed by atoms with Crippen molar-refractivity contribution in [1.82, 2.24) is 4.90 Å². The maximum absolute atomic E-state index is 13.0. The van der Waals surface area contributed by atoms with E-state index in [0.29, 0.717) is 12.8 Å². The maximum atomic E-state index is 13.0. The molecule has 262 valence electrons. The van der Waals surface area contributed by atoms with Crippen LogP contribution in [0.4, 0.5) is 0 Å². The van der Waals surface area contributed by atoms with Crippen LogP contribution in [-0.4, -0.2) is 34.0 Å². The first-order valence-corrected chi connectivity index (χ1v) is 19.9. The third-order valence-corrected chi connectivity index (χ3v) is 9.14. The summed E-state index contributed by atoms with van der Waals surface area (Å²) < 4.78 is 0. The number of hydrogen-bond acceptors (Lipinski definition) is 3. The van der Waals surface area contributed by atoms with E-state index in [-0.39, 0.29) is 18.4 Å². The summed E-state index contributed by atoms with van der Waals surface area (Å²) in [6, 6.07) is 0. The van der Waals surface area contributed by atoms with E-state index < -0.39 is 5.60 Å². The van der Waals surface area contributed by atoms with E-state index in [1.165, 1.54) is 172 Å². The summed E-state index contributed by atoms with van der Waals surface area (Å²) in [5, 5.41) is 10.3. The molecule has 44 heavy (non-hydrogen) atoms. The highest BCUT2D eigenvalue weighted by Gasteiger charge is 2.27. The molecule has 0 bridgehead atoms. The molecule has 2 amide bonds. The van der Waals surface area contributed by atoms with E-state index in [9.17, 15) is 14.7 Å². The van der Waals surface area contributed by atoms with Crippen molar-refractivity contribution in [3.63, 3.8) is 0 Å². The molecule has 0 saturated carbocycles. The second-order valence-electron chi connectivity index (χ2n) is 14.6. The van der Waals surface area contributed by atoms with E-state index in [4.69, 9.17) is 0 Å². The molecule has 0 aromatic carbocycles. The van der Waals surface area contributed by atoms with Gasteiger partial charge in [0.05, 0.1) is 12.1 Å². The zero-order valence-corrected chi connectivity index (χ0v) is 30.5. The SMILES string of the molecule is CCCCCCCCCCCCCCCCCC(=O)N(CC(C)(C)O)C(=O)CCCCCCCCCCCCCCCCC. The summed E-state index contributed by atoms with van der Waals surface area (Å²) in [5.41, 5.74) is -1.06. The van der Waals surface area contributed by atoms with Crippen molar-refractivity contribution in [2.45, 2.75) is 239 Å². The van der Waals surface area contributed by atoms with E-state index >= 15 is 0 Å². The fourth-order valence-electron chi connectivity index (χ4n) is 6.27. The molecule has 0 radical (unpaired) electrons. The summed E-state index contributed by atoms with van der Waals surface area (Å²) in [7, 11) is 0. The Morgan fingerprint density at radius 3 is 0.818 bits per heavy atom. The molecule has 1 N–H and O–H groups in total. The molecule has 0 unspecified atom stereocenters. The maximum Gasteiger partial charge on any atom is 0.229 e. The van der Waals surface area contributed by atoms with Gasteiger partial charge < -0.3 is 5.11 Å². The second kappa shape index (κ2) is 32.1. The summed E-state index contributed by atoms with van der Waals surface area (Å²) >= 11 is 0. The van der Waals surface area contributed by atoms with Crippen molar-refractivity contribution in [2.24, 2.45) is 0 Å². The molecule has 4 nitrogen and oxygen atoms in total. The van der Waals surface area contributed by atoms with Gasteiger partial charge in [-0.25, -0.2) is 0 Å². The van der Waals surface area contributed by atoms with Crippen LogP contribution in [0.3, 0.4) is 0 Å². The van der Waals surface area contributed by atoms with Crippen LogP contribution in [0.15, 0.2) is 0 Å². The summed E-state index contributed by atoms with van der Waals surface area (Å²) in [4.78, 5) is 27.3. The van der Waals surface area contributed by atoms with E-state index in [2.05, 4.69) is 13.8 Å². The standard InChI is InChI=1S/C40H79NO3/c1-5-7-9-11-13-15-17-19-21-23-25-27-29-31-33-35-38(42)41(37-40(3,4)44)39(43)36-34-32-30-28-26-24-22-20-18-16-14-12-10-8-6-2/h44H,5-37H2,1-4H3. The molecule has 4 heteroatoms. The predicted octanol–water partition coefficient (Wildman–Crippen LogP) is 12.6. The van der Waals surface area contributed by atoms with Crippen LogP contribution in [0.2, 0.25) is 0 Å². The first kappa shape index (κ1) is 43.1. The van der Waals surface area contributed by atoms with Gasteiger partial charge >= 0.3 is 0 Å². The van der Waals surface area contributed by atoms with E-state index in [1.54, 1.807) is 13.8 Å². The molecule has 0 saturated heterocycles. The summed E-state index contributed by atoms with van der Waals surface area (Å²) in [6.45, 7) is 8.02. The number of carbonyl (C=O) groups is 2. The molecule has 0 rings (SSSR count). The van der Waals surface area contributed by atoms with Crippen molar-refractivity contribution >= 4 is 11.8 Å². The van der Waals surface area contributed by atoms with Crippen LogP contribution < -0.4 is 0 Å². The number of carbonyl (C=O) groups excluding carboxylic acids is 2. The number of amides is 2. The molecule has 0 spiro atoms. The van der Waals surface area contributed by atoms with Gasteiger partial charge in [-0.05, 0) is 26.7 Å². The molecule has 0 aromatic heterocycles. The van der Waals surface area contributed by atoms with Gasteiger partial charge in [0, 0.05) is 12.8 Å². The third kappa shape index (κ3) is 31.1. The van der Waals surface area contributed by atoms with Gasteiger partial charge in [-0.1, -0.05) is 194 Å². The summed E-state index contributed by atoms with van der Waals surface area (Å²) in [6.07, 6.45) is 39.7. The fraction of sp³-hybridized carbons (Fsp3) is 0.950. The lowest BCUT2D eigenvalue weighted by molar-refractivity contribution is -0.148. The second-order valence-corrected chi connectivity index (χ2v) is 14.6. The largest absolute Gasteiger partial charge is 0.389 e. The van der Waals surface area contributed by atoms with Gasteiger partial charge in [0.2, 0.25) is 11.8 Å². The predicted molar refractivity (Wildman–Crippen MR) is 192 cm³/mol. The molecule has 0 aliphatic heterocycles. The minimum absolute atomic E-state index is 0.0994. The van der Waals surface area contributed by atoms with Gasteiger partial charge in [-0.3, -0.25) is 14.5 Å². The first-order valence-electron chi connectivity index (χ1n) is 19.9. The van der Waals surface area contributed by atoms with Crippen LogP contribution in [-0.2, 0) is 9.59 Å². The Balaban J connectivity index is 3.86. The van der Waals surface area contributed by atoms with Gasteiger partial charge in [0.15, 0.2) is 0 Å². The Kier molecular flexibility index (Phi) is 31.4. The minimum atomic E-state index is -1.06. The third-order valence-electron chi connectivity index (χ3n) is 9.14. The van der Waals surface area contributed by atoms with Crippen molar-refractivity contribution in [3.05, 3.63) is 0 Å². The number of hydrogen-bond donors (Lipinski definition) is 1. The Bertz CT molecular complexity index is 581. The Morgan fingerprint density at radius 1 is 0.409 bits per heavy atom. The van der Waals surface area contributed by atoms with Crippen LogP contribution in [0.1, 0.15) is 233 Å². The average Bonchev–Trinajstić information content (AvgIpc) is 2.99. The smallest absolute Gasteiger partial charge is 0.229 e. The van der Waals surface area contributed by atoms with Gasteiger partial charge in [-0.15, -0.1) is 0 Å². The lowest BCUT2D eigenvalue weighted by Gasteiger charge is -2.28. The van der Waals surface area contributed by atoms with Crippen molar-refractivity contribution in [2.75, 3.05) is 6.54 Å². The average molecular weight is 622 g/mol. The number of nitrogens with zero attached hydrogens (tertiary/aromatic N) is 1. The monoisotopic (exact) mass is 622 g/mol. The number of aliphatic hydroxyl groups is 1. The Labute approximate surface area is 276 Å². The lowest BCUT2D eigenvalue weighted by Crippen LogP contribution is -2.45. The topological polar surface area (TPSA) is 57.6 Å². The van der Waals surface area contributed by atoms with Gasteiger partial charge in [0.1, 0.15) is 0 Å². The number of unbranched alkanes of at least 4 members (excludes halogenated alkanes) is 28. The lowest BCUT2D eigenvalue weighted by atomic mass is 10.0. The zero-order chi connectivity index (χ0) is 32.6. The highest BCUT2D eigenvalue weighted by atomic mass is 16.3. The first-order chi connectivity index (χ1) is 21.3. The van der Waals surface area contributed by atoms with Crippen molar-refractivity contribution < 1.29 is 14.7 Å². The Hall–Kier alpha value is -0.900.